The second kappa shape index (κ2) is 11.2. The summed E-state index contributed by atoms with van der Waals surface area (Å²) in [7, 11) is 0. The fraction of sp³-hybridized carbons (Fsp3) is 0.160. The first-order valence-electron chi connectivity index (χ1n) is 11.0. The van der Waals surface area contributed by atoms with E-state index in [9.17, 15) is 14.9 Å². The molecule has 1 N–H and O–H groups in total. The molecule has 0 aliphatic carbocycles. The van der Waals surface area contributed by atoms with Crippen molar-refractivity contribution >= 4 is 40.6 Å². The van der Waals surface area contributed by atoms with Crippen LogP contribution in [0, 0.1) is 10.1 Å². The third kappa shape index (κ3) is 5.84. The van der Waals surface area contributed by atoms with E-state index in [0.29, 0.717) is 27.4 Å². The molecule has 0 bridgehead atoms. The van der Waals surface area contributed by atoms with Crippen molar-refractivity contribution in [3.63, 3.8) is 0 Å². The molecule has 36 heavy (non-hydrogen) atoms. The fourth-order valence-corrected chi connectivity index (χ4v) is 4.43. The van der Waals surface area contributed by atoms with Gasteiger partial charge in [-0.1, -0.05) is 59.8 Å². The van der Waals surface area contributed by atoms with Crippen LogP contribution in [0.15, 0.2) is 84.0 Å². The summed E-state index contributed by atoms with van der Waals surface area (Å²) in [5.74, 6) is 0.730. The van der Waals surface area contributed by atoms with E-state index in [2.05, 4.69) is 15.5 Å². The highest BCUT2D eigenvalue weighted by molar-refractivity contribution is 8.00. The number of carbonyl (C=O) groups excluding carboxylic acids is 1. The predicted octanol–water partition coefficient (Wildman–Crippen LogP) is 6.09. The minimum Gasteiger partial charge on any atom is -0.481 e. The van der Waals surface area contributed by atoms with Gasteiger partial charge < -0.3 is 10.1 Å². The molecule has 0 saturated heterocycles. The molecule has 9 nitrogen and oxygen atoms in total. The van der Waals surface area contributed by atoms with Crippen molar-refractivity contribution < 1.29 is 14.5 Å². The second-order valence-electron chi connectivity index (χ2n) is 7.76. The van der Waals surface area contributed by atoms with Gasteiger partial charge in [0.25, 0.3) is 5.69 Å². The van der Waals surface area contributed by atoms with Crippen molar-refractivity contribution in [2.75, 3.05) is 5.32 Å². The minimum atomic E-state index is -0.580. The average molecular weight is 524 g/mol. The third-order valence-electron chi connectivity index (χ3n) is 5.15. The van der Waals surface area contributed by atoms with Crippen molar-refractivity contribution in [3.05, 3.63) is 99.8 Å². The lowest BCUT2D eigenvalue weighted by Crippen LogP contribution is -2.23. The van der Waals surface area contributed by atoms with Crippen LogP contribution in [-0.4, -0.2) is 30.8 Å². The smallest absolute Gasteiger partial charge is 0.271 e. The number of hydrogen-bond acceptors (Lipinski definition) is 7. The number of carbonyl (C=O) groups is 1. The van der Waals surface area contributed by atoms with Gasteiger partial charge in [-0.25, -0.2) is 0 Å². The summed E-state index contributed by atoms with van der Waals surface area (Å²) in [5, 5.41) is 22.9. The summed E-state index contributed by atoms with van der Waals surface area (Å²) < 4.78 is 7.91. The number of rotatable bonds is 9. The largest absolute Gasteiger partial charge is 0.481 e. The number of ether oxygens (including phenoxy) is 1. The molecule has 11 heteroatoms. The van der Waals surface area contributed by atoms with Gasteiger partial charge in [-0.2, -0.15) is 0 Å². The van der Waals surface area contributed by atoms with Crippen LogP contribution in [0.1, 0.15) is 25.8 Å². The van der Waals surface area contributed by atoms with E-state index in [1.807, 2.05) is 54.0 Å². The SMILES string of the molecule is CC(Sc1nnc(C(C)Oc2ccccc2Cl)n1-c1ccccc1)C(=O)Nc1cccc([N+](=O)[O-])c1. The first-order chi connectivity index (χ1) is 17.3. The molecule has 1 heterocycles. The summed E-state index contributed by atoms with van der Waals surface area (Å²) in [6.45, 7) is 3.57. The van der Waals surface area contributed by atoms with Gasteiger partial charge in [-0.3, -0.25) is 19.5 Å². The summed E-state index contributed by atoms with van der Waals surface area (Å²) in [6.07, 6.45) is -0.499. The standard InChI is InChI=1S/C25H22ClN5O4S/c1-16(35-22-14-7-6-13-21(22)26)23-28-29-25(30(23)19-10-4-3-5-11-19)36-17(2)24(32)27-18-9-8-12-20(15-18)31(33)34/h3-17H,1-2H3,(H,27,32). The van der Waals surface area contributed by atoms with Crippen molar-refractivity contribution in [2.24, 2.45) is 0 Å². The van der Waals surface area contributed by atoms with Gasteiger partial charge >= 0.3 is 0 Å². The van der Waals surface area contributed by atoms with Gasteiger partial charge in [0.05, 0.1) is 15.2 Å². The molecule has 4 aromatic rings. The molecule has 1 aromatic heterocycles. The van der Waals surface area contributed by atoms with E-state index >= 15 is 0 Å². The average Bonchev–Trinajstić information content (AvgIpc) is 3.29. The van der Waals surface area contributed by atoms with Crippen LogP contribution in [0.5, 0.6) is 5.75 Å². The molecule has 0 aliphatic heterocycles. The number of nitro groups is 1. The number of thioether (sulfide) groups is 1. The Labute approximate surface area is 216 Å². The number of aromatic nitrogens is 3. The van der Waals surface area contributed by atoms with Gasteiger partial charge in [0.2, 0.25) is 5.91 Å². The maximum atomic E-state index is 12.9. The molecule has 3 aromatic carbocycles. The van der Waals surface area contributed by atoms with E-state index in [4.69, 9.17) is 16.3 Å². The van der Waals surface area contributed by atoms with Crippen LogP contribution >= 0.6 is 23.4 Å². The van der Waals surface area contributed by atoms with Crippen LogP contribution in [0.3, 0.4) is 0 Å². The van der Waals surface area contributed by atoms with Gasteiger partial charge in [0.1, 0.15) is 5.75 Å². The Kier molecular flexibility index (Phi) is 7.87. The zero-order valence-corrected chi connectivity index (χ0v) is 20.9. The number of nitrogens with one attached hydrogen (secondary N) is 1. The van der Waals surface area contributed by atoms with Gasteiger partial charge in [0.15, 0.2) is 17.1 Å². The molecule has 2 unspecified atom stereocenters. The van der Waals surface area contributed by atoms with Gasteiger partial charge in [0, 0.05) is 23.5 Å². The van der Waals surface area contributed by atoms with Crippen LogP contribution in [0.2, 0.25) is 5.02 Å². The Morgan fingerprint density at radius 3 is 2.50 bits per heavy atom. The number of halogens is 1. The second-order valence-corrected chi connectivity index (χ2v) is 9.47. The monoisotopic (exact) mass is 523 g/mol. The van der Waals surface area contributed by atoms with E-state index in [-0.39, 0.29) is 11.6 Å². The number of non-ortho nitro benzene ring substituents is 1. The lowest BCUT2D eigenvalue weighted by Gasteiger charge is -2.18. The molecule has 2 atom stereocenters. The van der Waals surface area contributed by atoms with Gasteiger partial charge in [-0.05, 0) is 44.2 Å². The zero-order valence-electron chi connectivity index (χ0n) is 19.4. The Morgan fingerprint density at radius 1 is 1.06 bits per heavy atom. The minimum absolute atomic E-state index is 0.103. The highest BCUT2D eigenvalue weighted by Crippen LogP contribution is 2.32. The Bertz CT molecular complexity index is 1380. The molecular weight excluding hydrogens is 502 g/mol. The molecular formula is C25H22ClN5O4S. The summed E-state index contributed by atoms with van der Waals surface area (Å²) >= 11 is 7.47. The van der Waals surface area contributed by atoms with Crippen LogP contribution in [0.4, 0.5) is 11.4 Å². The predicted molar refractivity (Wildman–Crippen MR) is 139 cm³/mol. The van der Waals surface area contributed by atoms with E-state index in [1.54, 1.807) is 25.1 Å². The lowest BCUT2D eigenvalue weighted by atomic mass is 10.2. The number of nitrogens with zero attached hydrogens (tertiary/aromatic N) is 4. The first-order valence-corrected chi connectivity index (χ1v) is 12.2. The van der Waals surface area contributed by atoms with Crippen molar-refractivity contribution in [1.29, 1.82) is 0 Å². The fourth-order valence-electron chi connectivity index (χ4n) is 3.38. The molecule has 4 rings (SSSR count). The molecule has 184 valence electrons. The van der Waals surface area contributed by atoms with E-state index < -0.39 is 16.3 Å². The van der Waals surface area contributed by atoms with Crippen molar-refractivity contribution in [3.8, 4) is 11.4 Å². The van der Waals surface area contributed by atoms with Crippen molar-refractivity contribution in [2.45, 2.75) is 30.4 Å². The lowest BCUT2D eigenvalue weighted by molar-refractivity contribution is -0.384. The quantitative estimate of drug-likeness (QED) is 0.160. The summed E-state index contributed by atoms with van der Waals surface area (Å²) in [6, 6.07) is 22.5. The number of para-hydroxylation sites is 2. The molecule has 0 saturated carbocycles. The number of amides is 1. The highest BCUT2D eigenvalue weighted by Gasteiger charge is 2.25. The Morgan fingerprint density at radius 2 is 1.78 bits per heavy atom. The van der Waals surface area contributed by atoms with Crippen molar-refractivity contribution in [1.82, 2.24) is 14.8 Å². The molecule has 1 amide bonds. The Balaban J connectivity index is 1.58. The normalized spacial score (nSPS) is 12.5. The maximum Gasteiger partial charge on any atom is 0.271 e. The number of hydrogen-bond donors (Lipinski definition) is 1. The van der Waals surface area contributed by atoms with Crippen LogP contribution in [0.25, 0.3) is 5.69 Å². The topological polar surface area (TPSA) is 112 Å². The first kappa shape index (κ1) is 25.2. The third-order valence-corrected chi connectivity index (χ3v) is 6.51. The maximum absolute atomic E-state index is 12.9. The summed E-state index contributed by atoms with van der Waals surface area (Å²) in [5.41, 5.74) is 1.05. The number of nitro benzene ring substituents is 1. The van der Waals surface area contributed by atoms with Crippen LogP contribution in [-0.2, 0) is 4.79 Å². The highest BCUT2D eigenvalue weighted by atomic mass is 35.5. The Hall–Kier alpha value is -3.89. The molecule has 0 fully saturated rings. The number of benzene rings is 3. The van der Waals surface area contributed by atoms with E-state index in [1.165, 1.54) is 30.0 Å². The van der Waals surface area contributed by atoms with Crippen LogP contribution < -0.4 is 10.1 Å². The molecule has 0 aliphatic rings. The molecule has 0 spiro atoms. The molecule has 0 radical (unpaired) electrons. The number of anilines is 1. The zero-order chi connectivity index (χ0) is 25.7. The van der Waals surface area contributed by atoms with E-state index in [0.717, 1.165) is 5.69 Å². The summed E-state index contributed by atoms with van der Waals surface area (Å²) in [4.78, 5) is 23.4. The van der Waals surface area contributed by atoms with Gasteiger partial charge in [-0.15, -0.1) is 10.2 Å².